The molecule has 2 aromatic rings. The first-order chi connectivity index (χ1) is 15.5. The number of carbonyl (C=O) groups excluding carboxylic acids is 4. The van der Waals surface area contributed by atoms with Gasteiger partial charge in [0.25, 0.3) is 0 Å². The quantitative estimate of drug-likeness (QED) is 0.420. The number of para-hydroxylation sites is 1. The van der Waals surface area contributed by atoms with E-state index in [0.717, 1.165) is 31.4 Å². The Hall–Kier alpha value is -3.48. The Kier molecular flexibility index (Phi) is 5.25. The maximum atomic E-state index is 12.9. The first-order valence-electron chi connectivity index (χ1n) is 11.1. The number of imide groups is 1. The van der Waals surface area contributed by atoms with Crippen LogP contribution in [0.2, 0.25) is 0 Å². The molecule has 2 saturated heterocycles. The van der Waals surface area contributed by atoms with Crippen LogP contribution >= 0.6 is 0 Å². The number of anilines is 2. The number of hydrogen-bond acceptors (Lipinski definition) is 5. The normalized spacial score (nSPS) is 25.2. The van der Waals surface area contributed by atoms with Crippen molar-refractivity contribution in [2.45, 2.75) is 32.1 Å². The zero-order chi connectivity index (χ0) is 22.2. The Morgan fingerprint density at radius 2 is 1.50 bits per heavy atom. The maximum absolute atomic E-state index is 12.9. The predicted molar refractivity (Wildman–Crippen MR) is 117 cm³/mol. The summed E-state index contributed by atoms with van der Waals surface area (Å²) in [6.07, 6.45) is 3.50. The number of ether oxygens (including phenoxy) is 1. The van der Waals surface area contributed by atoms with Crippen LogP contribution in [0.25, 0.3) is 0 Å². The van der Waals surface area contributed by atoms with Gasteiger partial charge in [-0.15, -0.1) is 0 Å². The molecular weight excluding hydrogens is 408 g/mol. The highest BCUT2D eigenvalue weighted by Crippen LogP contribution is 2.40. The zero-order valence-electron chi connectivity index (χ0n) is 17.6. The SMILES string of the molecule is O=C(Oc1cccc(N2C(=O)[C@H]3CCCC[C@@H]3C2=O)c1)[C@H]1CC(=O)N(c2ccccc2)C1. The molecule has 7 heteroatoms. The summed E-state index contributed by atoms with van der Waals surface area (Å²) >= 11 is 0. The van der Waals surface area contributed by atoms with Crippen LogP contribution in [-0.2, 0) is 19.2 Å². The fourth-order valence-electron chi connectivity index (χ4n) is 5.03. The van der Waals surface area contributed by atoms with E-state index in [2.05, 4.69) is 0 Å². The maximum Gasteiger partial charge on any atom is 0.316 e. The molecule has 1 aliphatic carbocycles. The highest BCUT2D eigenvalue weighted by molar-refractivity contribution is 6.22. The molecule has 2 heterocycles. The van der Waals surface area contributed by atoms with Crippen LogP contribution < -0.4 is 14.5 Å². The second kappa shape index (κ2) is 8.22. The van der Waals surface area contributed by atoms with Gasteiger partial charge in [-0.1, -0.05) is 37.1 Å². The van der Waals surface area contributed by atoms with E-state index in [4.69, 9.17) is 4.74 Å². The van der Waals surface area contributed by atoms with Crippen LogP contribution in [0, 0.1) is 17.8 Å². The van der Waals surface area contributed by atoms with Gasteiger partial charge in [-0.25, -0.2) is 4.90 Å². The van der Waals surface area contributed by atoms with E-state index in [9.17, 15) is 19.2 Å². The Balaban J connectivity index is 1.29. The number of amides is 3. The molecule has 0 bridgehead atoms. The van der Waals surface area contributed by atoms with E-state index < -0.39 is 11.9 Å². The van der Waals surface area contributed by atoms with Gasteiger partial charge in [-0.05, 0) is 37.1 Å². The van der Waals surface area contributed by atoms with Crippen molar-refractivity contribution in [3.05, 3.63) is 54.6 Å². The molecule has 0 aromatic heterocycles. The topological polar surface area (TPSA) is 84.0 Å². The molecule has 3 amide bonds. The molecule has 2 aliphatic heterocycles. The third-order valence-electron chi connectivity index (χ3n) is 6.66. The first kappa shape index (κ1) is 20.4. The lowest BCUT2D eigenvalue weighted by molar-refractivity contribution is -0.139. The molecule has 0 radical (unpaired) electrons. The summed E-state index contributed by atoms with van der Waals surface area (Å²) in [5.41, 5.74) is 1.18. The molecule has 0 spiro atoms. The standard InChI is InChI=1S/C25H24N2O5/c28-22-13-16(15-26(22)17-7-2-1-3-8-17)25(31)32-19-10-6-9-18(14-19)27-23(29)20-11-4-5-12-21(20)24(27)30/h1-3,6-10,14,16,20-21H,4-5,11-13,15H2/t16-,20-,21-/m0/s1. The van der Waals surface area contributed by atoms with E-state index in [1.165, 1.54) is 4.90 Å². The molecule has 164 valence electrons. The van der Waals surface area contributed by atoms with Gasteiger partial charge in [0, 0.05) is 24.7 Å². The first-order valence-corrected chi connectivity index (χ1v) is 11.1. The van der Waals surface area contributed by atoms with Crippen molar-refractivity contribution in [1.29, 1.82) is 0 Å². The second-order valence-corrected chi connectivity index (χ2v) is 8.67. The molecule has 3 fully saturated rings. The van der Waals surface area contributed by atoms with Crippen LogP contribution in [0.3, 0.4) is 0 Å². The number of carbonyl (C=O) groups is 4. The van der Waals surface area contributed by atoms with Crippen LogP contribution in [0.4, 0.5) is 11.4 Å². The van der Waals surface area contributed by atoms with E-state index in [1.54, 1.807) is 29.2 Å². The summed E-state index contributed by atoms with van der Waals surface area (Å²) in [5.74, 6) is -1.75. The predicted octanol–water partition coefficient (Wildman–Crippen LogP) is 3.32. The van der Waals surface area contributed by atoms with Gasteiger partial charge in [-0.2, -0.15) is 0 Å². The molecule has 5 rings (SSSR count). The smallest absolute Gasteiger partial charge is 0.316 e. The Labute approximate surface area is 185 Å². The molecule has 0 N–H and O–H groups in total. The third-order valence-corrected chi connectivity index (χ3v) is 6.66. The van der Waals surface area contributed by atoms with E-state index in [-0.39, 0.29) is 48.3 Å². The lowest BCUT2D eigenvalue weighted by Crippen LogP contribution is -2.31. The molecule has 32 heavy (non-hydrogen) atoms. The number of benzene rings is 2. The van der Waals surface area contributed by atoms with Gasteiger partial charge >= 0.3 is 5.97 Å². The van der Waals surface area contributed by atoms with Crippen LogP contribution in [0.1, 0.15) is 32.1 Å². The van der Waals surface area contributed by atoms with Crippen LogP contribution in [0.15, 0.2) is 54.6 Å². The minimum Gasteiger partial charge on any atom is -0.426 e. The van der Waals surface area contributed by atoms with Crippen molar-refractivity contribution in [3.63, 3.8) is 0 Å². The molecule has 7 nitrogen and oxygen atoms in total. The van der Waals surface area contributed by atoms with Crippen molar-refractivity contribution < 1.29 is 23.9 Å². The van der Waals surface area contributed by atoms with Gasteiger partial charge in [-0.3, -0.25) is 19.2 Å². The van der Waals surface area contributed by atoms with Crippen LogP contribution in [-0.4, -0.2) is 30.2 Å². The fourth-order valence-corrected chi connectivity index (χ4v) is 5.03. The molecule has 2 aromatic carbocycles. The van der Waals surface area contributed by atoms with E-state index in [0.29, 0.717) is 5.69 Å². The molecular formula is C25H24N2O5. The Bertz CT molecular complexity index is 1060. The lowest BCUT2D eigenvalue weighted by atomic mass is 9.81. The molecule has 3 atom stereocenters. The van der Waals surface area contributed by atoms with Gasteiger partial charge in [0.05, 0.1) is 23.4 Å². The Morgan fingerprint density at radius 1 is 0.844 bits per heavy atom. The summed E-state index contributed by atoms with van der Waals surface area (Å²) in [4.78, 5) is 53.7. The van der Waals surface area contributed by atoms with Crippen LogP contribution in [0.5, 0.6) is 5.75 Å². The van der Waals surface area contributed by atoms with Gasteiger partial charge in [0.15, 0.2) is 0 Å². The monoisotopic (exact) mass is 432 g/mol. The number of fused-ring (bicyclic) bond motifs is 1. The van der Waals surface area contributed by atoms with Crippen molar-refractivity contribution in [2.75, 3.05) is 16.3 Å². The van der Waals surface area contributed by atoms with Gasteiger partial charge < -0.3 is 9.64 Å². The van der Waals surface area contributed by atoms with Crippen molar-refractivity contribution in [1.82, 2.24) is 0 Å². The number of nitrogens with zero attached hydrogens (tertiary/aromatic N) is 2. The van der Waals surface area contributed by atoms with Gasteiger partial charge in [0.1, 0.15) is 5.75 Å². The summed E-state index contributed by atoms with van der Waals surface area (Å²) in [5, 5.41) is 0. The largest absolute Gasteiger partial charge is 0.426 e. The van der Waals surface area contributed by atoms with Crippen molar-refractivity contribution >= 4 is 35.1 Å². The lowest BCUT2D eigenvalue weighted by Gasteiger charge is -2.19. The summed E-state index contributed by atoms with van der Waals surface area (Å²) in [6, 6.07) is 15.7. The fraction of sp³-hybridized carbons (Fsp3) is 0.360. The van der Waals surface area contributed by atoms with Crippen molar-refractivity contribution in [2.24, 2.45) is 17.8 Å². The number of rotatable bonds is 4. The summed E-state index contributed by atoms with van der Waals surface area (Å²) in [6.45, 7) is 0.258. The van der Waals surface area contributed by atoms with E-state index >= 15 is 0 Å². The molecule has 3 aliphatic rings. The highest BCUT2D eigenvalue weighted by Gasteiger charge is 2.48. The summed E-state index contributed by atoms with van der Waals surface area (Å²) < 4.78 is 5.55. The zero-order valence-corrected chi connectivity index (χ0v) is 17.6. The van der Waals surface area contributed by atoms with Gasteiger partial charge in [0.2, 0.25) is 17.7 Å². The van der Waals surface area contributed by atoms with Crippen molar-refractivity contribution in [3.8, 4) is 5.75 Å². The minimum absolute atomic E-state index is 0.0832. The average Bonchev–Trinajstić information content (AvgIpc) is 3.32. The summed E-state index contributed by atoms with van der Waals surface area (Å²) in [7, 11) is 0. The second-order valence-electron chi connectivity index (χ2n) is 8.67. The minimum atomic E-state index is -0.579. The molecule has 1 saturated carbocycles. The number of hydrogen-bond donors (Lipinski definition) is 0. The Morgan fingerprint density at radius 3 is 2.19 bits per heavy atom. The van der Waals surface area contributed by atoms with E-state index in [1.807, 2.05) is 30.3 Å². The third kappa shape index (κ3) is 3.57. The average molecular weight is 432 g/mol. The highest BCUT2D eigenvalue weighted by atomic mass is 16.5. The molecule has 0 unspecified atom stereocenters. The number of esters is 1.